The number of halogens is 1. The third-order valence-electron chi connectivity index (χ3n) is 2.03. The largest absolute Gasteiger partial charge is 0.493 e. The SMILES string of the molecule is CCCOc1cc(F)cc(CCC(=O)O)c1. The van der Waals surface area contributed by atoms with Crippen molar-refractivity contribution in [2.45, 2.75) is 26.2 Å². The number of hydrogen-bond donors (Lipinski definition) is 1. The number of aryl methyl sites for hydroxylation is 1. The fourth-order valence-corrected chi connectivity index (χ4v) is 1.32. The summed E-state index contributed by atoms with van der Waals surface area (Å²) in [4.78, 5) is 10.4. The van der Waals surface area contributed by atoms with Crippen LogP contribution in [0.1, 0.15) is 25.3 Å². The van der Waals surface area contributed by atoms with E-state index in [1.165, 1.54) is 12.1 Å². The molecular formula is C12H15FO3. The molecule has 4 heteroatoms. The number of benzene rings is 1. The Morgan fingerprint density at radius 1 is 1.44 bits per heavy atom. The fourth-order valence-electron chi connectivity index (χ4n) is 1.32. The summed E-state index contributed by atoms with van der Waals surface area (Å²) in [5.74, 6) is -0.823. The standard InChI is InChI=1S/C12H15FO3/c1-2-5-16-11-7-9(3-4-12(14)15)6-10(13)8-11/h6-8H,2-5H2,1H3,(H,14,15). The molecule has 0 aliphatic carbocycles. The van der Waals surface area contributed by atoms with Crippen LogP contribution in [-0.4, -0.2) is 17.7 Å². The summed E-state index contributed by atoms with van der Waals surface area (Å²) in [5, 5.41) is 8.53. The van der Waals surface area contributed by atoms with Gasteiger partial charge in [-0.3, -0.25) is 4.79 Å². The monoisotopic (exact) mass is 226 g/mol. The van der Waals surface area contributed by atoms with Crippen LogP contribution in [0.25, 0.3) is 0 Å². The quantitative estimate of drug-likeness (QED) is 0.811. The molecule has 0 radical (unpaired) electrons. The number of aliphatic carboxylic acids is 1. The van der Waals surface area contributed by atoms with E-state index in [1.54, 1.807) is 6.07 Å². The fraction of sp³-hybridized carbons (Fsp3) is 0.417. The zero-order chi connectivity index (χ0) is 12.0. The molecule has 1 aromatic carbocycles. The van der Waals surface area contributed by atoms with E-state index >= 15 is 0 Å². The van der Waals surface area contributed by atoms with Gasteiger partial charge in [0.2, 0.25) is 0 Å². The molecule has 0 saturated heterocycles. The maximum Gasteiger partial charge on any atom is 0.303 e. The molecule has 0 spiro atoms. The summed E-state index contributed by atoms with van der Waals surface area (Å²) in [6.07, 6.45) is 1.16. The second kappa shape index (κ2) is 6.10. The number of ether oxygens (including phenoxy) is 1. The van der Waals surface area contributed by atoms with Crippen molar-refractivity contribution in [1.29, 1.82) is 0 Å². The van der Waals surface area contributed by atoms with E-state index in [-0.39, 0.29) is 6.42 Å². The molecular weight excluding hydrogens is 211 g/mol. The zero-order valence-electron chi connectivity index (χ0n) is 9.20. The van der Waals surface area contributed by atoms with Crippen molar-refractivity contribution < 1.29 is 19.0 Å². The van der Waals surface area contributed by atoms with Gasteiger partial charge in [0, 0.05) is 12.5 Å². The summed E-state index contributed by atoms with van der Waals surface area (Å²) in [6, 6.07) is 4.32. The van der Waals surface area contributed by atoms with Crippen LogP contribution in [-0.2, 0) is 11.2 Å². The van der Waals surface area contributed by atoms with Gasteiger partial charge in [0.25, 0.3) is 0 Å². The van der Waals surface area contributed by atoms with E-state index in [0.717, 1.165) is 6.42 Å². The Hall–Kier alpha value is -1.58. The highest BCUT2D eigenvalue weighted by atomic mass is 19.1. The van der Waals surface area contributed by atoms with Crippen molar-refractivity contribution in [2.75, 3.05) is 6.61 Å². The van der Waals surface area contributed by atoms with Crippen molar-refractivity contribution >= 4 is 5.97 Å². The summed E-state index contributed by atoms with van der Waals surface area (Å²) < 4.78 is 18.4. The number of rotatable bonds is 6. The first-order chi connectivity index (χ1) is 7.61. The number of carboxylic acid groups (broad SMARTS) is 1. The molecule has 3 nitrogen and oxygen atoms in total. The van der Waals surface area contributed by atoms with Crippen LogP contribution >= 0.6 is 0 Å². The molecule has 0 bridgehead atoms. The average molecular weight is 226 g/mol. The minimum Gasteiger partial charge on any atom is -0.493 e. The lowest BCUT2D eigenvalue weighted by Gasteiger charge is -2.07. The van der Waals surface area contributed by atoms with Crippen LogP contribution in [0.4, 0.5) is 4.39 Å². The average Bonchev–Trinajstić information content (AvgIpc) is 2.23. The van der Waals surface area contributed by atoms with Crippen LogP contribution in [0.5, 0.6) is 5.75 Å². The minimum absolute atomic E-state index is 0.00330. The number of hydrogen-bond acceptors (Lipinski definition) is 2. The molecule has 88 valence electrons. The Kier molecular flexibility index (Phi) is 4.76. The van der Waals surface area contributed by atoms with E-state index in [4.69, 9.17) is 9.84 Å². The van der Waals surface area contributed by atoms with Crippen molar-refractivity contribution in [3.63, 3.8) is 0 Å². The highest BCUT2D eigenvalue weighted by molar-refractivity contribution is 5.67. The first-order valence-electron chi connectivity index (χ1n) is 5.26. The van der Waals surface area contributed by atoms with E-state index in [9.17, 15) is 9.18 Å². The van der Waals surface area contributed by atoms with E-state index < -0.39 is 11.8 Å². The van der Waals surface area contributed by atoms with Crippen LogP contribution in [0.2, 0.25) is 0 Å². The Balaban J connectivity index is 2.69. The first-order valence-corrected chi connectivity index (χ1v) is 5.26. The Morgan fingerprint density at radius 2 is 2.19 bits per heavy atom. The second-order valence-electron chi connectivity index (χ2n) is 3.54. The molecule has 0 aliphatic rings. The molecule has 1 aromatic rings. The van der Waals surface area contributed by atoms with Crippen molar-refractivity contribution in [3.8, 4) is 5.75 Å². The predicted molar refractivity (Wildman–Crippen MR) is 58.1 cm³/mol. The van der Waals surface area contributed by atoms with Crippen LogP contribution < -0.4 is 4.74 Å². The highest BCUT2D eigenvalue weighted by Gasteiger charge is 2.04. The Bertz CT molecular complexity index is 363. The highest BCUT2D eigenvalue weighted by Crippen LogP contribution is 2.17. The summed E-state index contributed by atoms with van der Waals surface area (Å²) in [6.45, 7) is 2.49. The van der Waals surface area contributed by atoms with Gasteiger partial charge in [0.05, 0.1) is 6.61 Å². The molecule has 0 amide bonds. The van der Waals surface area contributed by atoms with Crippen molar-refractivity contribution in [1.82, 2.24) is 0 Å². The van der Waals surface area contributed by atoms with E-state index in [2.05, 4.69) is 0 Å². The third kappa shape index (κ3) is 4.29. The molecule has 1 N–H and O–H groups in total. The van der Waals surface area contributed by atoms with Gasteiger partial charge in [0.1, 0.15) is 11.6 Å². The van der Waals surface area contributed by atoms with E-state index in [0.29, 0.717) is 24.3 Å². The normalized spacial score (nSPS) is 10.1. The summed E-state index contributed by atoms with van der Waals surface area (Å²) >= 11 is 0. The maximum atomic E-state index is 13.2. The van der Waals surface area contributed by atoms with Crippen LogP contribution in [0.15, 0.2) is 18.2 Å². The first kappa shape index (κ1) is 12.5. The topological polar surface area (TPSA) is 46.5 Å². The molecule has 16 heavy (non-hydrogen) atoms. The van der Waals surface area contributed by atoms with Gasteiger partial charge in [0.15, 0.2) is 0 Å². The smallest absolute Gasteiger partial charge is 0.303 e. The zero-order valence-corrected chi connectivity index (χ0v) is 9.20. The summed E-state index contributed by atoms with van der Waals surface area (Å²) in [7, 11) is 0. The van der Waals surface area contributed by atoms with Gasteiger partial charge in [-0.05, 0) is 30.5 Å². The van der Waals surface area contributed by atoms with Crippen molar-refractivity contribution in [3.05, 3.63) is 29.6 Å². The lowest BCUT2D eigenvalue weighted by Crippen LogP contribution is -2.00. The van der Waals surface area contributed by atoms with Gasteiger partial charge >= 0.3 is 5.97 Å². The molecule has 0 aliphatic heterocycles. The predicted octanol–water partition coefficient (Wildman–Crippen LogP) is 2.63. The Labute approximate surface area is 93.9 Å². The number of carboxylic acids is 1. The van der Waals surface area contributed by atoms with Gasteiger partial charge in [-0.2, -0.15) is 0 Å². The third-order valence-corrected chi connectivity index (χ3v) is 2.03. The lowest BCUT2D eigenvalue weighted by molar-refractivity contribution is -0.136. The second-order valence-corrected chi connectivity index (χ2v) is 3.54. The van der Waals surface area contributed by atoms with Gasteiger partial charge < -0.3 is 9.84 Å². The van der Waals surface area contributed by atoms with Gasteiger partial charge in [-0.1, -0.05) is 6.92 Å². The Morgan fingerprint density at radius 3 is 2.81 bits per heavy atom. The maximum absolute atomic E-state index is 13.2. The van der Waals surface area contributed by atoms with E-state index in [1.807, 2.05) is 6.92 Å². The molecule has 1 rings (SSSR count). The molecule has 0 aromatic heterocycles. The van der Waals surface area contributed by atoms with Gasteiger partial charge in [-0.25, -0.2) is 4.39 Å². The summed E-state index contributed by atoms with van der Waals surface area (Å²) in [5.41, 5.74) is 0.647. The van der Waals surface area contributed by atoms with Crippen LogP contribution in [0, 0.1) is 5.82 Å². The molecule has 0 atom stereocenters. The lowest BCUT2D eigenvalue weighted by atomic mass is 10.1. The number of carbonyl (C=O) groups is 1. The molecule has 0 unspecified atom stereocenters. The molecule has 0 heterocycles. The molecule has 0 fully saturated rings. The molecule has 0 saturated carbocycles. The van der Waals surface area contributed by atoms with Gasteiger partial charge in [-0.15, -0.1) is 0 Å². The van der Waals surface area contributed by atoms with Crippen molar-refractivity contribution in [2.24, 2.45) is 0 Å². The van der Waals surface area contributed by atoms with Crippen LogP contribution in [0.3, 0.4) is 0 Å². The minimum atomic E-state index is -0.889.